The number of carbonyl (C=O) groups excluding carboxylic acids is 1. The van der Waals surface area contributed by atoms with Crippen LogP contribution in [0.5, 0.6) is 5.75 Å². The van der Waals surface area contributed by atoms with E-state index in [1.54, 1.807) is 6.20 Å². The van der Waals surface area contributed by atoms with Crippen LogP contribution in [-0.2, 0) is 0 Å². The molecule has 0 saturated heterocycles. The van der Waals surface area contributed by atoms with Crippen LogP contribution in [0.15, 0.2) is 54.7 Å². The number of ether oxygens (including phenoxy) is 1. The third kappa shape index (κ3) is 4.20. The third-order valence-corrected chi connectivity index (χ3v) is 4.13. The Balaban J connectivity index is 1.51. The maximum absolute atomic E-state index is 12.1. The van der Waals surface area contributed by atoms with Gasteiger partial charge in [0.2, 0.25) is 0 Å². The Kier molecular flexibility index (Phi) is 5.50. The van der Waals surface area contributed by atoms with Gasteiger partial charge in [-0.3, -0.25) is 9.78 Å². The zero-order valence-electron chi connectivity index (χ0n) is 14.9. The van der Waals surface area contributed by atoms with Gasteiger partial charge in [-0.1, -0.05) is 36.1 Å². The Bertz CT molecular complexity index is 994. The Morgan fingerprint density at radius 3 is 2.77 bits per heavy atom. The van der Waals surface area contributed by atoms with E-state index in [1.807, 2.05) is 62.4 Å². The number of rotatable bonds is 4. The third-order valence-electron chi connectivity index (χ3n) is 4.13. The van der Waals surface area contributed by atoms with Gasteiger partial charge in [0.15, 0.2) is 0 Å². The molecule has 1 heterocycles. The predicted molar refractivity (Wildman–Crippen MR) is 103 cm³/mol. The van der Waals surface area contributed by atoms with Gasteiger partial charge in [0.05, 0.1) is 6.54 Å². The highest BCUT2D eigenvalue weighted by Crippen LogP contribution is 2.22. The van der Waals surface area contributed by atoms with E-state index in [-0.39, 0.29) is 19.1 Å². The first-order valence-corrected chi connectivity index (χ1v) is 8.43. The fourth-order valence-corrected chi connectivity index (χ4v) is 2.53. The molecule has 130 valence electrons. The average molecular weight is 344 g/mol. The number of nitrogens with zero attached hydrogens (tertiary/aromatic N) is 1. The number of fused-ring (bicyclic) bond motifs is 1. The second-order valence-corrected chi connectivity index (χ2v) is 5.96. The van der Waals surface area contributed by atoms with E-state index < -0.39 is 0 Å². The number of amides is 1. The van der Waals surface area contributed by atoms with E-state index in [0.29, 0.717) is 11.3 Å². The molecule has 0 unspecified atom stereocenters. The molecule has 0 bridgehead atoms. The van der Waals surface area contributed by atoms with Crippen LogP contribution in [0.25, 0.3) is 10.9 Å². The molecule has 0 aliphatic carbocycles. The summed E-state index contributed by atoms with van der Waals surface area (Å²) in [5.74, 6) is 6.40. The number of para-hydroxylation sites is 1. The molecule has 2 aromatic carbocycles. The number of hydrogen-bond acceptors (Lipinski definition) is 3. The zero-order chi connectivity index (χ0) is 18.4. The molecule has 3 aromatic rings. The van der Waals surface area contributed by atoms with Crippen molar-refractivity contribution in [2.45, 2.75) is 13.8 Å². The molecule has 1 aromatic heterocycles. The smallest absolute Gasteiger partial charge is 0.252 e. The van der Waals surface area contributed by atoms with Crippen molar-refractivity contribution in [1.29, 1.82) is 0 Å². The van der Waals surface area contributed by atoms with E-state index in [0.717, 1.165) is 16.5 Å². The molecule has 4 heteroatoms. The molecule has 0 radical (unpaired) electrons. The summed E-state index contributed by atoms with van der Waals surface area (Å²) >= 11 is 0. The minimum atomic E-state index is -0.124. The van der Waals surface area contributed by atoms with Gasteiger partial charge in [-0.15, -0.1) is 0 Å². The second-order valence-electron chi connectivity index (χ2n) is 5.96. The van der Waals surface area contributed by atoms with Gasteiger partial charge in [0.1, 0.15) is 17.9 Å². The van der Waals surface area contributed by atoms with Crippen molar-refractivity contribution in [3.8, 4) is 17.6 Å². The molecule has 26 heavy (non-hydrogen) atoms. The minimum Gasteiger partial charge on any atom is -0.479 e. The monoisotopic (exact) mass is 344 g/mol. The largest absolute Gasteiger partial charge is 0.479 e. The van der Waals surface area contributed by atoms with Crippen molar-refractivity contribution in [1.82, 2.24) is 10.3 Å². The summed E-state index contributed by atoms with van der Waals surface area (Å²) in [4.78, 5) is 16.4. The van der Waals surface area contributed by atoms with E-state index >= 15 is 0 Å². The molecule has 3 rings (SSSR count). The van der Waals surface area contributed by atoms with Crippen molar-refractivity contribution in [3.05, 3.63) is 71.4 Å². The molecule has 1 amide bonds. The van der Waals surface area contributed by atoms with Gasteiger partial charge >= 0.3 is 0 Å². The van der Waals surface area contributed by atoms with Crippen molar-refractivity contribution < 1.29 is 9.53 Å². The molecule has 0 aliphatic heterocycles. The van der Waals surface area contributed by atoms with Gasteiger partial charge in [-0.2, -0.15) is 0 Å². The quantitative estimate of drug-likeness (QED) is 0.735. The van der Waals surface area contributed by atoms with Crippen LogP contribution in [0.4, 0.5) is 0 Å². The molecule has 0 fully saturated rings. The number of carbonyl (C=O) groups is 1. The van der Waals surface area contributed by atoms with Crippen LogP contribution < -0.4 is 10.1 Å². The van der Waals surface area contributed by atoms with Crippen molar-refractivity contribution in [2.24, 2.45) is 0 Å². The zero-order valence-corrected chi connectivity index (χ0v) is 14.9. The summed E-state index contributed by atoms with van der Waals surface area (Å²) in [6.07, 6.45) is 1.74. The number of nitrogens with one attached hydrogen (secondary N) is 1. The Hall–Kier alpha value is -3.32. The van der Waals surface area contributed by atoms with E-state index in [1.165, 1.54) is 5.56 Å². The summed E-state index contributed by atoms with van der Waals surface area (Å²) in [5, 5.41) is 3.82. The molecule has 0 atom stereocenters. The van der Waals surface area contributed by atoms with Crippen LogP contribution in [-0.4, -0.2) is 24.0 Å². The number of hydrogen-bond donors (Lipinski definition) is 1. The molecular formula is C22H20N2O2. The van der Waals surface area contributed by atoms with Gasteiger partial charge in [0.25, 0.3) is 5.91 Å². The standard InChI is InChI=1S/C22H20N2O2/c1-16-10-11-19(15-17(16)2)22(25)24-12-3-4-14-26-20-9-5-7-18-8-6-13-23-21(18)20/h5-11,13,15H,12,14H2,1-2H3,(H,24,25). The van der Waals surface area contributed by atoms with Gasteiger partial charge in [0, 0.05) is 17.1 Å². The highest BCUT2D eigenvalue weighted by Gasteiger charge is 2.05. The number of aryl methyl sites for hydroxylation is 2. The summed E-state index contributed by atoms with van der Waals surface area (Å²) in [6, 6.07) is 15.3. The predicted octanol–water partition coefficient (Wildman–Crippen LogP) is 3.66. The lowest BCUT2D eigenvalue weighted by Gasteiger charge is -2.05. The van der Waals surface area contributed by atoms with Crippen LogP contribution in [0.2, 0.25) is 0 Å². The average Bonchev–Trinajstić information content (AvgIpc) is 2.66. The summed E-state index contributed by atoms with van der Waals surface area (Å²) in [6.45, 7) is 4.54. The van der Waals surface area contributed by atoms with E-state index in [4.69, 9.17) is 4.74 Å². The fourth-order valence-electron chi connectivity index (χ4n) is 2.53. The Morgan fingerprint density at radius 2 is 1.92 bits per heavy atom. The highest BCUT2D eigenvalue weighted by molar-refractivity contribution is 5.94. The molecule has 0 spiro atoms. The van der Waals surface area contributed by atoms with Crippen molar-refractivity contribution in [3.63, 3.8) is 0 Å². The lowest BCUT2D eigenvalue weighted by atomic mass is 10.1. The maximum atomic E-state index is 12.1. The minimum absolute atomic E-state index is 0.124. The fraction of sp³-hybridized carbons (Fsp3) is 0.182. The van der Waals surface area contributed by atoms with Gasteiger partial charge in [-0.05, 0) is 49.2 Å². The Morgan fingerprint density at radius 1 is 1.08 bits per heavy atom. The van der Waals surface area contributed by atoms with Gasteiger partial charge in [-0.25, -0.2) is 0 Å². The molecule has 1 N–H and O–H groups in total. The lowest BCUT2D eigenvalue weighted by molar-refractivity contribution is 0.0958. The van der Waals surface area contributed by atoms with Crippen molar-refractivity contribution >= 4 is 16.8 Å². The summed E-state index contributed by atoms with van der Waals surface area (Å²) < 4.78 is 5.69. The molecule has 4 nitrogen and oxygen atoms in total. The summed E-state index contributed by atoms with van der Waals surface area (Å²) in [7, 11) is 0. The number of pyridine rings is 1. The first-order valence-electron chi connectivity index (χ1n) is 8.43. The first kappa shape index (κ1) is 17.5. The topological polar surface area (TPSA) is 51.2 Å². The SMILES string of the molecule is Cc1ccc(C(=O)NCC#CCOc2cccc3cccnc23)cc1C. The van der Waals surface area contributed by atoms with Crippen molar-refractivity contribution in [2.75, 3.05) is 13.2 Å². The van der Waals surface area contributed by atoms with Gasteiger partial charge < -0.3 is 10.1 Å². The number of aromatic nitrogens is 1. The molecular weight excluding hydrogens is 324 g/mol. The molecule has 0 aliphatic rings. The van der Waals surface area contributed by atoms with E-state index in [9.17, 15) is 4.79 Å². The molecule has 0 saturated carbocycles. The highest BCUT2D eigenvalue weighted by atomic mass is 16.5. The lowest BCUT2D eigenvalue weighted by Crippen LogP contribution is -2.23. The normalized spacial score (nSPS) is 10.1. The maximum Gasteiger partial charge on any atom is 0.252 e. The van der Waals surface area contributed by atoms with Crippen LogP contribution in [0.3, 0.4) is 0 Å². The second kappa shape index (κ2) is 8.17. The summed E-state index contributed by atoms with van der Waals surface area (Å²) in [5.41, 5.74) is 3.73. The van der Waals surface area contributed by atoms with Crippen LogP contribution >= 0.6 is 0 Å². The van der Waals surface area contributed by atoms with Crippen LogP contribution in [0, 0.1) is 25.7 Å². The van der Waals surface area contributed by atoms with Crippen LogP contribution in [0.1, 0.15) is 21.5 Å². The number of benzene rings is 2. The first-order chi connectivity index (χ1) is 12.6. The van der Waals surface area contributed by atoms with E-state index in [2.05, 4.69) is 22.1 Å². The Labute approximate surface area is 153 Å².